The molecule has 0 spiro atoms. The van der Waals surface area contributed by atoms with E-state index in [1.807, 2.05) is 32.0 Å². The van der Waals surface area contributed by atoms with E-state index in [0.717, 1.165) is 22.6 Å². The van der Waals surface area contributed by atoms with Crippen LogP contribution in [-0.4, -0.2) is 34.2 Å². The number of nitrogens with zero attached hydrogens (tertiary/aromatic N) is 1. The van der Waals surface area contributed by atoms with Gasteiger partial charge in [0.1, 0.15) is 5.75 Å². The Morgan fingerprint density at radius 1 is 1.32 bits per heavy atom. The molecule has 1 aromatic heterocycles. The fraction of sp³-hybridized carbons (Fsp3) is 0.375. The Morgan fingerprint density at radius 3 is 2.95 bits per heavy atom. The summed E-state index contributed by atoms with van der Waals surface area (Å²) in [5.41, 5.74) is 3.56. The summed E-state index contributed by atoms with van der Waals surface area (Å²) < 4.78 is 5.65. The van der Waals surface area contributed by atoms with Gasteiger partial charge in [-0.05, 0) is 31.0 Å². The molecular weight excluding hydrogens is 282 g/mol. The zero-order chi connectivity index (χ0) is 15.7. The summed E-state index contributed by atoms with van der Waals surface area (Å²) in [7, 11) is 0. The lowest BCUT2D eigenvalue weighted by atomic mass is 10.1. The van der Waals surface area contributed by atoms with Crippen molar-refractivity contribution in [3.8, 4) is 5.75 Å². The first-order valence-electron chi connectivity index (χ1n) is 7.31. The molecule has 0 atom stereocenters. The average Bonchev–Trinajstić information content (AvgIpc) is 2.89. The molecule has 1 aliphatic rings. The molecule has 1 aliphatic heterocycles. The molecule has 0 fully saturated rings. The minimum absolute atomic E-state index is 0.0120. The fourth-order valence-electron chi connectivity index (χ4n) is 2.64. The maximum absolute atomic E-state index is 12.3. The van der Waals surface area contributed by atoms with E-state index in [4.69, 9.17) is 4.74 Å². The van der Waals surface area contributed by atoms with Crippen LogP contribution < -0.4 is 10.3 Å². The number of amides is 1. The number of rotatable bonds is 3. The standard InChI is InChI=1S/C16H19N3O3/c1-10-4-3-5-14(11(10)2)22-9-15(20)19-7-6-13-12(8-19)16(21)18-17-13/h3-5H,6-9H2,1-2H3,(H2,17,18,21). The number of aryl methyl sites for hydroxylation is 1. The van der Waals surface area contributed by atoms with Crippen LogP contribution in [0.4, 0.5) is 0 Å². The minimum Gasteiger partial charge on any atom is -0.483 e. The molecule has 2 heterocycles. The van der Waals surface area contributed by atoms with Crippen molar-refractivity contribution in [2.75, 3.05) is 13.2 Å². The first-order valence-corrected chi connectivity index (χ1v) is 7.31. The first-order chi connectivity index (χ1) is 10.6. The summed E-state index contributed by atoms with van der Waals surface area (Å²) in [5.74, 6) is 0.623. The van der Waals surface area contributed by atoms with Crippen LogP contribution in [0.5, 0.6) is 5.75 Å². The van der Waals surface area contributed by atoms with Crippen LogP contribution in [0.2, 0.25) is 0 Å². The minimum atomic E-state index is -0.150. The summed E-state index contributed by atoms with van der Waals surface area (Å²) in [6.07, 6.45) is 0.656. The molecule has 0 aliphatic carbocycles. The molecule has 6 heteroatoms. The van der Waals surface area contributed by atoms with Crippen molar-refractivity contribution in [2.24, 2.45) is 0 Å². The summed E-state index contributed by atoms with van der Waals surface area (Å²) in [4.78, 5) is 25.6. The third-order valence-electron chi connectivity index (χ3n) is 4.20. The topological polar surface area (TPSA) is 78.2 Å². The summed E-state index contributed by atoms with van der Waals surface area (Å²) >= 11 is 0. The van der Waals surface area contributed by atoms with Crippen molar-refractivity contribution in [1.82, 2.24) is 15.1 Å². The lowest BCUT2D eigenvalue weighted by Crippen LogP contribution is -2.40. The Balaban J connectivity index is 1.65. The number of ether oxygens (including phenoxy) is 1. The maximum Gasteiger partial charge on any atom is 0.269 e. The van der Waals surface area contributed by atoms with Gasteiger partial charge < -0.3 is 14.7 Å². The van der Waals surface area contributed by atoms with Gasteiger partial charge in [-0.15, -0.1) is 0 Å². The van der Waals surface area contributed by atoms with E-state index in [2.05, 4.69) is 10.2 Å². The number of carbonyl (C=O) groups is 1. The smallest absolute Gasteiger partial charge is 0.269 e. The van der Waals surface area contributed by atoms with Crippen LogP contribution in [-0.2, 0) is 17.8 Å². The summed E-state index contributed by atoms with van der Waals surface area (Å²) in [5, 5.41) is 5.41. The second kappa shape index (κ2) is 5.71. The molecule has 3 rings (SSSR count). The van der Waals surface area contributed by atoms with Crippen LogP contribution in [0.25, 0.3) is 0 Å². The monoisotopic (exact) mass is 301 g/mol. The molecule has 1 aromatic carbocycles. The Morgan fingerprint density at radius 2 is 2.14 bits per heavy atom. The summed E-state index contributed by atoms with van der Waals surface area (Å²) in [6, 6.07) is 5.78. The lowest BCUT2D eigenvalue weighted by molar-refractivity contribution is -0.134. The highest BCUT2D eigenvalue weighted by molar-refractivity contribution is 5.78. The van der Waals surface area contributed by atoms with E-state index in [-0.39, 0.29) is 18.1 Å². The average molecular weight is 301 g/mol. The number of H-pyrrole nitrogens is 2. The Kier molecular flexibility index (Phi) is 3.75. The normalized spacial score (nSPS) is 13.8. The predicted molar refractivity (Wildman–Crippen MR) is 81.9 cm³/mol. The highest BCUT2D eigenvalue weighted by Crippen LogP contribution is 2.21. The highest BCUT2D eigenvalue weighted by atomic mass is 16.5. The molecule has 2 aromatic rings. The van der Waals surface area contributed by atoms with Gasteiger partial charge in [-0.1, -0.05) is 12.1 Å². The van der Waals surface area contributed by atoms with Crippen LogP contribution in [0, 0.1) is 13.8 Å². The number of benzene rings is 1. The van der Waals surface area contributed by atoms with E-state index < -0.39 is 0 Å². The van der Waals surface area contributed by atoms with Crippen molar-refractivity contribution in [3.05, 3.63) is 50.9 Å². The van der Waals surface area contributed by atoms with Crippen molar-refractivity contribution in [2.45, 2.75) is 26.8 Å². The molecule has 116 valence electrons. The molecule has 0 saturated carbocycles. The second-order valence-electron chi connectivity index (χ2n) is 5.59. The third-order valence-corrected chi connectivity index (χ3v) is 4.20. The Bertz CT molecular complexity index is 760. The molecule has 0 bridgehead atoms. The zero-order valence-electron chi connectivity index (χ0n) is 12.7. The molecule has 0 unspecified atom stereocenters. The van der Waals surface area contributed by atoms with Crippen molar-refractivity contribution < 1.29 is 9.53 Å². The molecule has 0 radical (unpaired) electrons. The van der Waals surface area contributed by atoms with Crippen LogP contribution in [0.1, 0.15) is 22.4 Å². The van der Waals surface area contributed by atoms with Crippen molar-refractivity contribution >= 4 is 5.91 Å². The number of nitrogens with one attached hydrogen (secondary N) is 2. The van der Waals surface area contributed by atoms with Gasteiger partial charge in [0, 0.05) is 18.7 Å². The Labute approximate surface area is 128 Å². The van der Waals surface area contributed by atoms with E-state index in [1.165, 1.54) is 0 Å². The molecule has 1 amide bonds. The van der Waals surface area contributed by atoms with Crippen LogP contribution in [0.15, 0.2) is 23.0 Å². The molecule has 2 N–H and O–H groups in total. The largest absolute Gasteiger partial charge is 0.483 e. The maximum atomic E-state index is 12.3. The highest BCUT2D eigenvalue weighted by Gasteiger charge is 2.24. The summed E-state index contributed by atoms with van der Waals surface area (Å²) in [6.45, 7) is 4.90. The SMILES string of the molecule is Cc1cccc(OCC(=O)N2CCc3[nH][nH]c(=O)c3C2)c1C. The van der Waals surface area contributed by atoms with Gasteiger partial charge in [-0.3, -0.25) is 14.7 Å². The van der Waals surface area contributed by atoms with Gasteiger partial charge in [0.15, 0.2) is 6.61 Å². The number of hydrogen-bond donors (Lipinski definition) is 2. The zero-order valence-corrected chi connectivity index (χ0v) is 12.7. The van der Waals surface area contributed by atoms with Crippen molar-refractivity contribution in [3.63, 3.8) is 0 Å². The van der Waals surface area contributed by atoms with E-state index in [1.54, 1.807) is 4.90 Å². The van der Waals surface area contributed by atoms with Gasteiger partial charge in [0.2, 0.25) is 0 Å². The molecule has 6 nitrogen and oxygen atoms in total. The second-order valence-corrected chi connectivity index (χ2v) is 5.59. The lowest BCUT2D eigenvalue weighted by Gasteiger charge is -2.26. The molecule has 0 saturated heterocycles. The number of hydrogen-bond acceptors (Lipinski definition) is 3. The number of aromatic nitrogens is 2. The van der Waals surface area contributed by atoms with Crippen molar-refractivity contribution in [1.29, 1.82) is 0 Å². The van der Waals surface area contributed by atoms with Gasteiger partial charge in [0.25, 0.3) is 11.5 Å². The molecule has 22 heavy (non-hydrogen) atoms. The van der Waals surface area contributed by atoms with Gasteiger partial charge in [-0.25, -0.2) is 0 Å². The van der Waals surface area contributed by atoms with Crippen LogP contribution >= 0.6 is 0 Å². The number of carbonyl (C=O) groups excluding carboxylic acids is 1. The van der Waals surface area contributed by atoms with E-state index in [9.17, 15) is 9.59 Å². The Hall–Kier alpha value is -2.50. The van der Waals surface area contributed by atoms with E-state index >= 15 is 0 Å². The third kappa shape index (κ3) is 2.64. The van der Waals surface area contributed by atoms with Gasteiger partial charge >= 0.3 is 0 Å². The first kappa shape index (κ1) is 14.4. The molecular formula is C16H19N3O3. The number of aromatic amines is 2. The van der Waals surface area contributed by atoms with Gasteiger partial charge in [-0.2, -0.15) is 0 Å². The fourth-order valence-corrected chi connectivity index (χ4v) is 2.64. The quantitative estimate of drug-likeness (QED) is 0.896. The number of fused-ring (bicyclic) bond motifs is 1. The predicted octanol–water partition coefficient (Wildman–Crippen LogP) is 1.28. The van der Waals surface area contributed by atoms with E-state index in [0.29, 0.717) is 25.1 Å². The van der Waals surface area contributed by atoms with Gasteiger partial charge in [0.05, 0.1) is 12.1 Å². The van der Waals surface area contributed by atoms with Crippen LogP contribution in [0.3, 0.4) is 0 Å².